The van der Waals surface area contributed by atoms with Crippen LogP contribution in [-0.2, 0) is 5.41 Å². The lowest BCUT2D eigenvalue weighted by Crippen LogP contribution is -2.41. The molecule has 1 aliphatic rings. The first-order chi connectivity index (χ1) is 29.8. The molecule has 0 atom stereocenters. The Morgan fingerprint density at radius 3 is 1.90 bits per heavy atom. The van der Waals surface area contributed by atoms with Crippen LogP contribution >= 0.6 is 11.3 Å². The molecule has 10 aromatic rings. The van der Waals surface area contributed by atoms with Crippen molar-refractivity contribution in [3.05, 3.63) is 199 Å². The number of nitrogens with one attached hydrogen (secondary N) is 1. The van der Waals surface area contributed by atoms with Gasteiger partial charge in [-0.15, -0.1) is 11.3 Å². The van der Waals surface area contributed by atoms with Gasteiger partial charge in [0, 0.05) is 48.5 Å². The van der Waals surface area contributed by atoms with Crippen molar-refractivity contribution in [2.45, 2.75) is 33.1 Å². The van der Waals surface area contributed by atoms with Gasteiger partial charge in [-0.2, -0.15) is 0 Å². The van der Waals surface area contributed by atoms with Crippen molar-refractivity contribution in [1.82, 2.24) is 0 Å². The van der Waals surface area contributed by atoms with E-state index in [2.05, 4.69) is 233 Å². The second-order valence-corrected chi connectivity index (χ2v) is 18.4. The van der Waals surface area contributed by atoms with Crippen molar-refractivity contribution in [1.29, 1.82) is 0 Å². The second kappa shape index (κ2) is 14.7. The molecule has 0 spiro atoms. The Kier molecular flexibility index (Phi) is 8.95. The summed E-state index contributed by atoms with van der Waals surface area (Å²) in [6.07, 6.45) is 0. The first-order valence-corrected chi connectivity index (χ1v) is 22.0. The summed E-state index contributed by atoms with van der Waals surface area (Å²) in [5.74, 6) is 0. The van der Waals surface area contributed by atoms with Crippen LogP contribution in [0.4, 0.5) is 28.4 Å². The second-order valence-electron chi connectivity index (χ2n) is 17.3. The Balaban J connectivity index is 1.17. The van der Waals surface area contributed by atoms with E-state index in [1.165, 1.54) is 97.9 Å². The van der Waals surface area contributed by atoms with E-state index in [1.54, 1.807) is 0 Å². The number of hydrogen-bond donors (Lipinski definition) is 1. The molecule has 1 aliphatic heterocycles. The van der Waals surface area contributed by atoms with Gasteiger partial charge in [0.1, 0.15) is 0 Å². The maximum atomic E-state index is 3.96. The number of aryl methyl sites for hydroxylation is 1. The Bertz CT molecular complexity index is 3290. The van der Waals surface area contributed by atoms with Gasteiger partial charge in [0.15, 0.2) is 7.28 Å². The Hall–Kier alpha value is -6.88. The third-order valence-corrected chi connectivity index (χ3v) is 13.5. The molecule has 0 bridgehead atoms. The van der Waals surface area contributed by atoms with Gasteiger partial charge in [0.25, 0.3) is 0 Å². The monoisotopic (exact) mass is 799 g/mol. The smallest absolute Gasteiger partial charge is 0.197 e. The molecule has 11 rings (SSSR count). The van der Waals surface area contributed by atoms with Crippen molar-refractivity contribution in [2.75, 3.05) is 10.2 Å². The third-order valence-electron chi connectivity index (χ3n) is 12.4. The average molecular weight is 800 g/mol. The van der Waals surface area contributed by atoms with Crippen LogP contribution in [0.1, 0.15) is 31.9 Å². The molecule has 2 nitrogen and oxygen atoms in total. The van der Waals surface area contributed by atoms with E-state index < -0.39 is 0 Å². The SMILES string of the molecule is Cc1cc(C(C)(C)C)ccc1N1c2cc3sc4ccccc4c3cc2[B]c2c(-c3ccc4ccccc4c3Nc3ccc(-c4ccccc4)cc3)cc(-c3ccccc3)cc21. The molecule has 0 fully saturated rings. The van der Waals surface area contributed by atoms with Crippen LogP contribution in [0.25, 0.3) is 64.3 Å². The molecule has 0 unspecified atom stereocenters. The molecule has 1 aromatic heterocycles. The van der Waals surface area contributed by atoms with Crippen molar-refractivity contribution >= 4 is 88.9 Å². The number of anilines is 5. The molecule has 1 N–H and O–H groups in total. The predicted molar refractivity (Wildman–Crippen MR) is 266 cm³/mol. The number of fused-ring (bicyclic) bond motifs is 6. The van der Waals surface area contributed by atoms with E-state index in [0.717, 1.165) is 16.9 Å². The molecule has 1 radical (unpaired) electrons. The molecule has 61 heavy (non-hydrogen) atoms. The normalized spacial score (nSPS) is 12.4. The summed E-state index contributed by atoms with van der Waals surface area (Å²) in [6.45, 7) is 9.17. The van der Waals surface area contributed by atoms with E-state index in [9.17, 15) is 0 Å². The highest BCUT2D eigenvalue weighted by molar-refractivity contribution is 7.25. The van der Waals surface area contributed by atoms with Crippen LogP contribution in [0.15, 0.2) is 188 Å². The highest BCUT2D eigenvalue weighted by atomic mass is 32.1. The first kappa shape index (κ1) is 37.1. The fourth-order valence-corrected chi connectivity index (χ4v) is 10.3. The molecule has 0 saturated heterocycles. The van der Waals surface area contributed by atoms with Crippen LogP contribution in [0.3, 0.4) is 0 Å². The Morgan fingerprint density at radius 2 is 1.16 bits per heavy atom. The van der Waals surface area contributed by atoms with Gasteiger partial charge >= 0.3 is 0 Å². The summed E-state index contributed by atoms with van der Waals surface area (Å²) in [5, 5.41) is 8.94. The largest absolute Gasteiger partial charge is 0.355 e. The fraction of sp³-hybridized carbons (Fsp3) is 0.0877. The summed E-state index contributed by atoms with van der Waals surface area (Å²) in [6, 6.07) is 69.2. The van der Waals surface area contributed by atoms with E-state index >= 15 is 0 Å². The number of hydrogen-bond acceptors (Lipinski definition) is 3. The number of nitrogens with zero attached hydrogens (tertiary/aromatic N) is 1. The highest BCUT2D eigenvalue weighted by Crippen LogP contribution is 2.46. The highest BCUT2D eigenvalue weighted by Gasteiger charge is 2.31. The summed E-state index contributed by atoms with van der Waals surface area (Å²) >= 11 is 1.88. The Morgan fingerprint density at radius 1 is 0.492 bits per heavy atom. The number of benzene rings is 9. The van der Waals surface area contributed by atoms with Crippen molar-refractivity contribution in [3.63, 3.8) is 0 Å². The average Bonchev–Trinajstić information content (AvgIpc) is 3.65. The minimum absolute atomic E-state index is 0.0347. The molecule has 0 amide bonds. The molecule has 4 heteroatoms. The predicted octanol–water partition coefficient (Wildman–Crippen LogP) is 15.0. The standard InChI is InChI=1S/C57H44BN2S/c1-36-31-42(57(2,3)4)26-30-50(36)60-51-35-54-47(45-21-13-14-22-53(45)61-54)34-49(51)58-55-48(32-41(33-52(55)60)38-17-9-6-10-18-38)46-29-25-40-19-11-12-20-44(40)56(46)59-43-27-23-39(24-28-43)37-15-7-5-8-16-37/h5-35,59H,1-4H3. The lowest BCUT2D eigenvalue weighted by molar-refractivity contribution is 0.590. The first-order valence-electron chi connectivity index (χ1n) is 21.2. The molecule has 291 valence electrons. The van der Waals surface area contributed by atoms with Gasteiger partial charge in [-0.3, -0.25) is 0 Å². The van der Waals surface area contributed by atoms with Crippen LogP contribution < -0.4 is 21.1 Å². The minimum atomic E-state index is 0.0347. The van der Waals surface area contributed by atoms with Crippen LogP contribution in [0.5, 0.6) is 0 Å². The summed E-state index contributed by atoms with van der Waals surface area (Å²) in [7, 11) is 2.45. The van der Waals surface area contributed by atoms with Crippen LogP contribution in [0.2, 0.25) is 0 Å². The zero-order chi connectivity index (χ0) is 41.2. The van der Waals surface area contributed by atoms with Gasteiger partial charge in [0.2, 0.25) is 0 Å². The lowest BCUT2D eigenvalue weighted by Gasteiger charge is -2.37. The molecular formula is C57H44BN2S. The Labute approximate surface area is 363 Å². The van der Waals surface area contributed by atoms with Crippen molar-refractivity contribution in [2.24, 2.45) is 0 Å². The van der Waals surface area contributed by atoms with E-state index in [1.807, 2.05) is 11.3 Å². The maximum Gasteiger partial charge on any atom is 0.197 e. The molecule has 0 aliphatic carbocycles. The quantitative estimate of drug-likeness (QED) is 0.169. The third kappa shape index (κ3) is 6.59. The molecule has 0 saturated carbocycles. The minimum Gasteiger partial charge on any atom is -0.355 e. The van der Waals surface area contributed by atoms with Gasteiger partial charge in [0.05, 0.1) is 5.69 Å². The fourth-order valence-electron chi connectivity index (χ4n) is 9.15. The summed E-state index contributed by atoms with van der Waals surface area (Å²) < 4.78 is 2.61. The zero-order valence-electron chi connectivity index (χ0n) is 34.8. The molecule has 9 aromatic carbocycles. The summed E-state index contributed by atoms with van der Waals surface area (Å²) in [5.41, 5.74) is 17.8. The lowest BCUT2D eigenvalue weighted by atomic mass is 9.57. The van der Waals surface area contributed by atoms with Crippen LogP contribution in [0, 0.1) is 6.92 Å². The summed E-state index contributed by atoms with van der Waals surface area (Å²) in [4.78, 5) is 2.54. The van der Waals surface area contributed by atoms with Gasteiger partial charge in [-0.05, 0) is 110 Å². The van der Waals surface area contributed by atoms with Crippen molar-refractivity contribution < 1.29 is 0 Å². The number of rotatable bonds is 6. The van der Waals surface area contributed by atoms with E-state index in [4.69, 9.17) is 0 Å². The van der Waals surface area contributed by atoms with Gasteiger partial charge in [-0.1, -0.05) is 172 Å². The van der Waals surface area contributed by atoms with Crippen LogP contribution in [-0.4, -0.2) is 7.28 Å². The zero-order valence-corrected chi connectivity index (χ0v) is 35.6. The molecule has 2 heterocycles. The van der Waals surface area contributed by atoms with Gasteiger partial charge < -0.3 is 10.2 Å². The molecular weight excluding hydrogens is 756 g/mol. The topological polar surface area (TPSA) is 15.3 Å². The number of thiophene rings is 1. The van der Waals surface area contributed by atoms with Gasteiger partial charge in [-0.25, -0.2) is 0 Å². The van der Waals surface area contributed by atoms with Crippen molar-refractivity contribution in [3.8, 4) is 33.4 Å². The van der Waals surface area contributed by atoms with E-state index in [0.29, 0.717) is 0 Å². The van der Waals surface area contributed by atoms with E-state index in [-0.39, 0.29) is 5.41 Å². The maximum absolute atomic E-state index is 3.96.